The Balaban J connectivity index is 1.72. The second kappa shape index (κ2) is 10.8. The maximum Gasteiger partial charge on any atom is 0.175 e. The Hall–Kier alpha value is -2.64. The van der Waals surface area contributed by atoms with Crippen molar-refractivity contribution in [3.8, 4) is 0 Å². The van der Waals surface area contributed by atoms with Gasteiger partial charge < -0.3 is 19.3 Å². The van der Waals surface area contributed by atoms with Crippen molar-refractivity contribution in [1.82, 2.24) is 9.88 Å². The molecule has 1 aromatic heterocycles. The predicted molar refractivity (Wildman–Crippen MR) is 132 cm³/mol. The van der Waals surface area contributed by atoms with E-state index in [9.17, 15) is 4.79 Å². The van der Waals surface area contributed by atoms with E-state index in [0.29, 0.717) is 24.8 Å². The number of carbonyl (C=O) groups excluding carboxylic acids is 1. The van der Waals surface area contributed by atoms with E-state index in [2.05, 4.69) is 40.3 Å². The number of nitrogens with zero attached hydrogens (tertiary/aromatic N) is 4. The largest absolute Gasteiger partial charge is 0.383 e. The first kappa shape index (κ1) is 24.0. The summed E-state index contributed by atoms with van der Waals surface area (Å²) in [5, 5.41) is 0. The fourth-order valence-corrected chi connectivity index (χ4v) is 4.23. The summed E-state index contributed by atoms with van der Waals surface area (Å²) in [5.41, 5.74) is 4.08. The number of anilines is 2. The highest BCUT2D eigenvalue weighted by Gasteiger charge is 2.26. The maximum atomic E-state index is 11.7. The van der Waals surface area contributed by atoms with E-state index in [-0.39, 0.29) is 0 Å². The molecule has 3 rings (SSSR count). The van der Waals surface area contributed by atoms with E-state index in [1.54, 1.807) is 13.2 Å². The molecule has 2 radical (unpaired) electrons. The van der Waals surface area contributed by atoms with Crippen molar-refractivity contribution < 1.29 is 9.53 Å². The van der Waals surface area contributed by atoms with Gasteiger partial charge in [0.25, 0.3) is 0 Å². The van der Waals surface area contributed by atoms with Crippen LogP contribution in [0, 0.1) is 13.8 Å². The summed E-state index contributed by atoms with van der Waals surface area (Å²) in [6.07, 6.45) is 0. The van der Waals surface area contributed by atoms with Gasteiger partial charge in [-0.15, -0.1) is 0 Å². The monoisotopic (exact) mass is 432 g/mol. The molecule has 0 aliphatic carbocycles. The number of rotatable bonds is 9. The fraction of sp³-hybridized carbons (Fsp3) is 0.440. The van der Waals surface area contributed by atoms with Crippen LogP contribution in [0.4, 0.5) is 11.5 Å². The van der Waals surface area contributed by atoms with E-state index >= 15 is 0 Å². The third-order valence-corrected chi connectivity index (χ3v) is 5.97. The summed E-state index contributed by atoms with van der Waals surface area (Å²) in [6, 6.07) is 12.1. The van der Waals surface area contributed by atoms with Gasteiger partial charge in [-0.25, -0.2) is 4.98 Å². The van der Waals surface area contributed by atoms with Gasteiger partial charge >= 0.3 is 0 Å². The molecule has 1 fully saturated rings. The number of aryl methyl sites for hydroxylation is 2. The van der Waals surface area contributed by atoms with Crippen LogP contribution >= 0.6 is 0 Å². The number of carbonyl (C=O) groups is 1. The Morgan fingerprint density at radius 3 is 2.72 bits per heavy atom. The van der Waals surface area contributed by atoms with Gasteiger partial charge in [0.2, 0.25) is 0 Å². The van der Waals surface area contributed by atoms with Gasteiger partial charge in [0.1, 0.15) is 11.5 Å². The molecular weight excluding hydrogens is 399 g/mol. The van der Waals surface area contributed by atoms with E-state index in [4.69, 9.17) is 17.6 Å². The van der Waals surface area contributed by atoms with Gasteiger partial charge in [0.05, 0.1) is 6.61 Å². The Bertz CT molecular complexity index is 965. The van der Waals surface area contributed by atoms with Crippen LogP contribution in [0.15, 0.2) is 48.7 Å². The molecule has 0 spiro atoms. The van der Waals surface area contributed by atoms with Crippen molar-refractivity contribution in [3.05, 3.63) is 65.5 Å². The third-order valence-electron chi connectivity index (χ3n) is 5.97. The van der Waals surface area contributed by atoms with Gasteiger partial charge in [0, 0.05) is 68.5 Å². The average Bonchev–Trinajstić information content (AvgIpc) is 2.75. The molecule has 6 nitrogen and oxygen atoms in total. The van der Waals surface area contributed by atoms with Crippen molar-refractivity contribution in [2.45, 2.75) is 26.8 Å². The van der Waals surface area contributed by atoms with Crippen LogP contribution in [-0.4, -0.2) is 75.9 Å². The minimum atomic E-state index is -0.432. The topological polar surface area (TPSA) is 48.9 Å². The zero-order chi connectivity index (χ0) is 23.3. The Kier molecular flexibility index (Phi) is 8.10. The summed E-state index contributed by atoms with van der Waals surface area (Å²) in [6.45, 7) is 15.4. The number of piperazine rings is 1. The summed E-state index contributed by atoms with van der Waals surface area (Å²) in [7, 11) is 7.21. The highest BCUT2D eigenvalue weighted by molar-refractivity contribution is 6.62. The molecule has 2 heterocycles. The van der Waals surface area contributed by atoms with Gasteiger partial charge in [-0.2, -0.15) is 0 Å². The van der Waals surface area contributed by atoms with Crippen molar-refractivity contribution in [3.63, 3.8) is 0 Å². The fourth-order valence-electron chi connectivity index (χ4n) is 4.23. The highest BCUT2D eigenvalue weighted by atomic mass is 16.5. The smallest absolute Gasteiger partial charge is 0.175 e. The molecule has 1 unspecified atom stereocenters. The molecule has 0 amide bonds. The van der Waals surface area contributed by atoms with Crippen LogP contribution in [0.5, 0.6) is 0 Å². The first-order chi connectivity index (χ1) is 15.3. The van der Waals surface area contributed by atoms with Crippen molar-refractivity contribution in [1.29, 1.82) is 0 Å². The summed E-state index contributed by atoms with van der Waals surface area (Å²) in [4.78, 5) is 23.4. The molecule has 168 valence electrons. The van der Waals surface area contributed by atoms with Crippen LogP contribution in [0.3, 0.4) is 0 Å². The number of ether oxygens (including phenoxy) is 1. The number of benzene rings is 1. The third kappa shape index (κ3) is 5.78. The molecule has 1 atom stereocenters. The normalized spacial score (nSPS) is 16.8. The molecule has 2 aromatic rings. The Morgan fingerprint density at radius 2 is 2.06 bits per heavy atom. The van der Waals surface area contributed by atoms with E-state index < -0.39 is 5.68 Å². The van der Waals surface area contributed by atoms with Crippen molar-refractivity contribution in [2.24, 2.45) is 0 Å². The summed E-state index contributed by atoms with van der Waals surface area (Å²) in [5.74, 6) is 1.04. The second-order valence-corrected chi connectivity index (χ2v) is 8.49. The van der Waals surface area contributed by atoms with E-state index in [1.165, 1.54) is 0 Å². The zero-order valence-electron chi connectivity index (χ0n) is 19.7. The molecule has 1 aromatic carbocycles. The standard InChI is InChI=1S/C25H33BN4O2/c1-18-9-10-22(25(26)31)15-23(18)29(13-14-32-5)20(3)16-28-11-12-30(21(4)17-28)24-8-6-7-19(2)27-24/h6-10,15,21H,3,11-14,16-17H2,1-2,4-5H3. The van der Waals surface area contributed by atoms with Crippen LogP contribution in [-0.2, 0) is 4.74 Å². The number of hydrogen-bond donors (Lipinski definition) is 0. The molecule has 7 heteroatoms. The quantitative estimate of drug-likeness (QED) is 0.568. The van der Waals surface area contributed by atoms with Gasteiger partial charge in [0.15, 0.2) is 7.85 Å². The SMILES string of the molecule is [B]C(=O)c1ccc(C)c(N(CCOC)C(=C)CN2CCN(c3cccc(C)n3)C(C)C2)c1. The Morgan fingerprint density at radius 1 is 1.28 bits per heavy atom. The zero-order valence-corrected chi connectivity index (χ0v) is 19.7. The molecule has 32 heavy (non-hydrogen) atoms. The van der Waals surface area contributed by atoms with Crippen LogP contribution in [0.1, 0.15) is 28.5 Å². The molecule has 1 aliphatic rings. The molecule has 0 bridgehead atoms. The Labute approximate surface area is 193 Å². The molecular formula is C25H33BN4O2. The van der Waals surface area contributed by atoms with Gasteiger partial charge in [-0.1, -0.05) is 24.8 Å². The summed E-state index contributed by atoms with van der Waals surface area (Å²) >= 11 is 0. The van der Waals surface area contributed by atoms with Crippen molar-refractivity contribution in [2.75, 3.05) is 56.2 Å². The predicted octanol–water partition coefficient (Wildman–Crippen LogP) is 3.18. The molecule has 0 N–H and O–H groups in total. The van der Waals surface area contributed by atoms with E-state index in [0.717, 1.165) is 54.6 Å². The lowest BCUT2D eigenvalue weighted by molar-refractivity contribution is 0.108. The lowest BCUT2D eigenvalue weighted by atomic mass is 9.93. The lowest BCUT2D eigenvalue weighted by Crippen LogP contribution is -2.53. The maximum absolute atomic E-state index is 11.7. The minimum Gasteiger partial charge on any atom is -0.383 e. The van der Waals surface area contributed by atoms with Crippen LogP contribution < -0.4 is 9.80 Å². The highest BCUT2D eigenvalue weighted by Crippen LogP contribution is 2.26. The van der Waals surface area contributed by atoms with Gasteiger partial charge in [-0.05, 0) is 44.5 Å². The van der Waals surface area contributed by atoms with Crippen molar-refractivity contribution >= 4 is 25.0 Å². The van der Waals surface area contributed by atoms with Crippen LogP contribution in [0.25, 0.3) is 0 Å². The first-order valence-corrected chi connectivity index (χ1v) is 11.1. The molecule has 1 saturated heterocycles. The number of pyridine rings is 1. The number of aromatic nitrogens is 1. The second-order valence-electron chi connectivity index (χ2n) is 8.49. The van der Waals surface area contributed by atoms with E-state index in [1.807, 2.05) is 32.0 Å². The van der Waals surface area contributed by atoms with Crippen LogP contribution in [0.2, 0.25) is 0 Å². The average molecular weight is 432 g/mol. The lowest BCUT2D eigenvalue weighted by Gasteiger charge is -2.42. The number of methoxy groups -OCH3 is 1. The minimum absolute atomic E-state index is 0.346. The summed E-state index contributed by atoms with van der Waals surface area (Å²) < 4.78 is 5.34. The first-order valence-electron chi connectivity index (χ1n) is 11.1. The number of hydrogen-bond acceptors (Lipinski definition) is 6. The molecule has 0 saturated carbocycles. The molecule has 1 aliphatic heterocycles. The van der Waals surface area contributed by atoms with Gasteiger partial charge in [-0.3, -0.25) is 4.90 Å².